The minimum Gasteiger partial charge on any atom is -0.458 e. The molecule has 0 aromatic heterocycles. The normalized spacial score (nSPS) is 39.6. The van der Waals surface area contributed by atoms with Crippen LogP contribution >= 0.6 is 0 Å². The van der Waals surface area contributed by atoms with Gasteiger partial charge in [-0.1, -0.05) is 148 Å². The Morgan fingerprint density at radius 3 is 1.33 bits per heavy atom. The highest BCUT2D eigenvalue weighted by atomic mass is 16.7. The maximum Gasteiger partial charge on any atom is 0.509 e. The van der Waals surface area contributed by atoms with E-state index in [0.29, 0.717) is 21.7 Å². The number of carbonyl (C=O) groups excluding carboxylic acids is 2. The Morgan fingerprint density at radius 1 is 0.522 bits per heavy atom. The minimum absolute atomic E-state index is 0. The summed E-state index contributed by atoms with van der Waals surface area (Å²) in [5, 5.41) is 0. The summed E-state index contributed by atoms with van der Waals surface area (Å²) < 4.78 is 16.7. The van der Waals surface area contributed by atoms with E-state index in [0.717, 1.165) is 90.3 Å². The van der Waals surface area contributed by atoms with E-state index in [1.165, 1.54) is 122 Å². The lowest BCUT2D eigenvalue weighted by Crippen LogP contribution is -2.51. The quantitative estimate of drug-likeness (QED) is 0.128. The van der Waals surface area contributed by atoms with Crippen LogP contribution < -0.4 is 0 Å². The van der Waals surface area contributed by atoms with Gasteiger partial charge in [-0.3, -0.25) is 4.79 Å². The van der Waals surface area contributed by atoms with Crippen molar-refractivity contribution >= 4 is 12.1 Å². The predicted molar refractivity (Wildman–Crippen MR) is 291 cm³/mol. The highest BCUT2D eigenvalue weighted by Gasteiger charge is 2.61. The van der Waals surface area contributed by atoms with Gasteiger partial charge < -0.3 is 14.2 Å². The largest absolute Gasteiger partial charge is 0.509 e. The molecule has 16 atom stereocenters. The lowest BCUT2D eigenvalue weighted by molar-refractivity contribution is -0.152. The second-order valence-electron chi connectivity index (χ2n) is 27.4. The maximum atomic E-state index is 12.2. The highest BCUT2D eigenvalue weighted by Crippen LogP contribution is 2.69. The molecule has 0 radical (unpaired) electrons. The van der Waals surface area contributed by atoms with Gasteiger partial charge in [0.15, 0.2) is 0 Å². The molecule has 0 saturated heterocycles. The number of ether oxygens (including phenoxy) is 3. The molecule has 0 aliphatic heterocycles. The molecular weight excluding hydrogens is 849 g/mol. The fourth-order valence-corrected chi connectivity index (χ4v) is 18.3. The standard InChI is InChI=1S/C31H52O3.C31H52O2.2CH4/c1-20(2)9-8-10-22(5)26-13-14-27-25-12-11-23-19-24(34-29(32)33-21(3)4)15-17-30(23,6)28(25)16-18-31(26,27)7;1-20(2)9-8-10-22(5)26-13-14-27-25-12-11-23-19-24(33-29(32)21(3)4)15-17-30(23,6)28(25)16-18-31(26,27)7;;/h19-22,24-28H,8-18H2,1-7H3;19-22,24-28H,8-18H2,1-7H3;2*1H4/t2*22-,24-,25?,26+,27?,28?,30-,31+;;/m00../s1. The van der Waals surface area contributed by atoms with Crippen LogP contribution in [0.25, 0.3) is 0 Å². The molecule has 6 fully saturated rings. The van der Waals surface area contributed by atoms with Crippen LogP contribution in [0.1, 0.15) is 253 Å². The van der Waals surface area contributed by atoms with Crippen molar-refractivity contribution in [2.45, 2.75) is 271 Å². The molecule has 0 N–H and O–H groups in total. The monoisotopic (exact) mass is 961 g/mol. The van der Waals surface area contributed by atoms with Crippen LogP contribution in [0.3, 0.4) is 0 Å². The molecule has 0 aromatic carbocycles. The molecule has 69 heavy (non-hydrogen) atoms. The first-order valence-corrected chi connectivity index (χ1v) is 29.1. The van der Waals surface area contributed by atoms with Crippen molar-refractivity contribution in [1.29, 1.82) is 0 Å². The van der Waals surface area contributed by atoms with Crippen molar-refractivity contribution in [3.63, 3.8) is 0 Å². The molecule has 0 amide bonds. The number of fused-ring (bicyclic) bond motifs is 10. The Morgan fingerprint density at radius 2 is 0.942 bits per heavy atom. The average Bonchev–Trinajstić information content (AvgIpc) is 3.80. The number of carbonyl (C=O) groups is 2. The molecule has 0 spiro atoms. The fourth-order valence-electron chi connectivity index (χ4n) is 18.3. The van der Waals surface area contributed by atoms with Gasteiger partial charge in [-0.05, 0) is 221 Å². The summed E-state index contributed by atoms with van der Waals surface area (Å²) in [6, 6.07) is 0. The minimum atomic E-state index is -0.512. The Bertz CT molecular complexity index is 1740. The van der Waals surface area contributed by atoms with Crippen LogP contribution in [-0.2, 0) is 19.0 Å². The van der Waals surface area contributed by atoms with E-state index in [1.807, 2.05) is 27.7 Å². The predicted octanol–water partition coefficient (Wildman–Crippen LogP) is 18.8. The Labute approximate surface area is 427 Å². The summed E-state index contributed by atoms with van der Waals surface area (Å²) >= 11 is 0. The van der Waals surface area contributed by atoms with Crippen LogP contribution in [-0.4, -0.2) is 30.4 Å². The van der Waals surface area contributed by atoms with Crippen LogP contribution in [0, 0.1) is 98.6 Å². The summed E-state index contributed by atoms with van der Waals surface area (Å²) in [6.07, 6.45) is 33.3. The number of esters is 1. The maximum absolute atomic E-state index is 12.2. The molecule has 0 heterocycles. The van der Waals surface area contributed by atoms with Gasteiger partial charge in [-0.15, -0.1) is 0 Å². The molecule has 5 heteroatoms. The summed E-state index contributed by atoms with van der Waals surface area (Å²) in [5.41, 5.74) is 4.95. The molecular formula is C64H112O5. The molecule has 0 bridgehead atoms. The molecule has 6 saturated carbocycles. The first-order valence-electron chi connectivity index (χ1n) is 29.1. The van der Waals surface area contributed by atoms with Gasteiger partial charge in [-0.25, -0.2) is 4.79 Å². The number of rotatable bonds is 14. The van der Waals surface area contributed by atoms with Gasteiger partial charge >= 0.3 is 12.1 Å². The van der Waals surface area contributed by atoms with E-state index >= 15 is 0 Å². The number of allylic oxidation sites excluding steroid dienone is 2. The van der Waals surface area contributed by atoms with Gasteiger partial charge in [0.05, 0.1) is 12.0 Å². The van der Waals surface area contributed by atoms with Crippen molar-refractivity contribution in [3.8, 4) is 0 Å². The fraction of sp³-hybridized carbons (Fsp3) is 0.906. The van der Waals surface area contributed by atoms with Crippen LogP contribution in [0.4, 0.5) is 4.79 Å². The zero-order valence-corrected chi connectivity index (χ0v) is 46.0. The molecule has 6 unspecified atom stereocenters. The third-order valence-electron chi connectivity index (χ3n) is 21.9. The molecule has 5 nitrogen and oxygen atoms in total. The van der Waals surface area contributed by atoms with Gasteiger partial charge in [0, 0.05) is 0 Å². The van der Waals surface area contributed by atoms with E-state index in [2.05, 4.69) is 81.4 Å². The highest BCUT2D eigenvalue weighted by molar-refractivity contribution is 5.71. The zero-order chi connectivity index (χ0) is 48.6. The zero-order valence-electron chi connectivity index (χ0n) is 46.0. The van der Waals surface area contributed by atoms with E-state index < -0.39 is 6.16 Å². The summed E-state index contributed by atoms with van der Waals surface area (Å²) in [4.78, 5) is 24.2. The molecule has 0 aromatic rings. The average molecular weight is 962 g/mol. The lowest BCUT2D eigenvalue weighted by Gasteiger charge is -2.59. The van der Waals surface area contributed by atoms with E-state index in [1.54, 1.807) is 11.1 Å². The first-order chi connectivity index (χ1) is 31.6. The number of hydrogen-bond donors (Lipinski definition) is 0. The molecule has 8 aliphatic carbocycles. The molecule has 8 rings (SSSR count). The Kier molecular flexibility index (Phi) is 19.9. The van der Waals surface area contributed by atoms with Gasteiger partial charge in [0.2, 0.25) is 0 Å². The summed E-state index contributed by atoms with van der Waals surface area (Å²) in [6.45, 7) is 32.7. The Hall–Kier alpha value is -1.78. The topological polar surface area (TPSA) is 61.8 Å². The first kappa shape index (κ1) is 58.1. The van der Waals surface area contributed by atoms with E-state index in [9.17, 15) is 9.59 Å². The van der Waals surface area contributed by atoms with Crippen molar-refractivity contribution in [1.82, 2.24) is 0 Å². The Balaban J connectivity index is 0.000000250. The second-order valence-corrected chi connectivity index (χ2v) is 27.4. The van der Waals surface area contributed by atoms with Crippen LogP contribution in [0.15, 0.2) is 23.3 Å². The van der Waals surface area contributed by atoms with E-state index in [4.69, 9.17) is 14.2 Å². The smallest absolute Gasteiger partial charge is 0.458 e. The summed E-state index contributed by atoms with van der Waals surface area (Å²) in [7, 11) is 0. The third-order valence-corrected chi connectivity index (χ3v) is 21.9. The molecule has 8 aliphatic rings. The van der Waals surface area contributed by atoms with E-state index in [-0.39, 0.29) is 45.1 Å². The van der Waals surface area contributed by atoms with Gasteiger partial charge in [0.25, 0.3) is 0 Å². The van der Waals surface area contributed by atoms with Crippen molar-refractivity contribution in [2.75, 3.05) is 0 Å². The molecule has 398 valence electrons. The van der Waals surface area contributed by atoms with Gasteiger partial charge in [-0.2, -0.15) is 0 Å². The van der Waals surface area contributed by atoms with Crippen LogP contribution in [0.5, 0.6) is 0 Å². The lowest BCUT2D eigenvalue weighted by atomic mass is 9.46. The SMILES string of the molecule is C.C.CC(C)CCC[C@H](C)[C@H]1CCC2C3CCC4=C[C@@H](OC(=O)C(C)C)CC[C@]4(C)C3CC[C@@]21C.CC(C)CCC[C@H](C)[C@H]1CCC2C3CCC4=C[C@@H](OC(=O)OC(C)C)CC[C@]4(C)C3CC[C@@]21C. The van der Waals surface area contributed by atoms with Crippen molar-refractivity contribution in [2.24, 2.45) is 98.6 Å². The third kappa shape index (κ3) is 12.1. The van der Waals surface area contributed by atoms with Crippen LogP contribution in [0.2, 0.25) is 0 Å². The number of hydrogen-bond acceptors (Lipinski definition) is 5. The second kappa shape index (κ2) is 23.6. The van der Waals surface area contributed by atoms with Gasteiger partial charge in [0.1, 0.15) is 12.2 Å². The van der Waals surface area contributed by atoms with Crippen molar-refractivity contribution in [3.05, 3.63) is 23.3 Å². The van der Waals surface area contributed by atoms with Crippen molar-refractivity contribution < 1.29 is 23.8 Å². The summed E-state index contributed by atoms with van der Waals surface area (Å²) in [5.74, 6) is 10.5.